The van der Waals surface area contributed by atoms with Crippen LogP contribution in [0.3, 0.4) is 0 Å². The van der Waals surface area contributed by atoms with E-state index in [0.29, 0.717) is 43.3 Å². The summed E-state index contributed by atoms with van der Waals surface area (Å²) in [7, 11) is 1.63. The van der Waals surface area contributed by atoms with E-state index < -0.39 is 11.6 Å². The van der Waals surface area contributed by atoms with Crippen LogP contribution in [-0.2, 0) is 26.1 Å². The molecule has 0 aliphatic carbocycles. The highest BCUT2D eigenvalue weighted by atomic mass is 35.5. The summed E-state index contributed by atoms with van der Waals surface area (Å²) in [6.45, 7) is 3.29. The molecule has 5 aromatic rings. The van der Waals surface area contributed by atoms with Gasteiger partial charge in [0.15, 0.2) is 35.7 Å². The van der Waals surface area contributed by atoms with Crippen LogP contribution in [-0.4, -0.2) is 53.3 Å². The van der Waals surface area contributed by atoms with Crippen molar-refractivity contribution in [2.24, 2.45) is 0 Å². The van der Waals surface area contributed by atoms with Crippen molar-refractivity contribution in [1.29, 1.82) is 0 Å². The first kappa shape index (κ1) is 32.2. The number of rotatable bonds is 10. The van der Waals surface area contributed by atoms with Crippen molar-refractivity contribution in [3.8, 4) is 34.3 Å². The number of hydrogen-bond donors (Lipinski definition) is 0. The lowest BCUT2D eigenvalue weighted by Crippen LogP contribution is -3.00. The lowest BCUT2D eigenvalue weighted by atomic mass is 9.95. The summed E-state index contributed by atoms with van der Waals surface area (Å²) in [5.41, 5.74) is 3.88. The number of methoxy groups -OCH3 is 1. The van der Waals surface area contributed by atoms with Gasteiger partial charge in [-0.1, -0.05) is 6.07 Å². The zero-order valence-corrected chi connectivity index (χ0v) is 26.0. The maximum absolute atomic E-state index is 14.5. The molecule has 2 aliphatic rings. The Bertz CT molecular complexity index is 1810. The molecule has 3 aromatic carbocycles. The Morgan fingerprint density at radius 3 is 2.67 bits per heavy atom. The van der Waals surface area contributed by atoms with Gasteiger partial charge in [0, 0.05) is 43.8 Å². The minimum atomic E-state index is -0.600. The van der Waals surface area contributed by atoms with Crippen LogP contribution in [0.4, 0.5) is 8.78 Å². The molecule has 2 aliphatic heterocycles. The zero-order chi connectivity index (χ0) is 29.3. The third-order valence-corrected chi connectivity index (χ3v) is 7.97. The molecular formula is C32H31Cl2F2N5O4. The van der Waals surface area contributed by atoms with Crippen LogP contribution in [0.15, 0.2) is 67.4 Å². The number of aryl methyl sites for hydroxylation is 2. The third-order valence-electron chi connectivity index (χ3n) is 7.97. The molecule has 2 aromatic heterocycles. The second-order valence-electron chi connectivity index (χ2n) is 10.6. The maximum atomic E-state index is 14.5. The number of fused-ring (bicyclic) bond motifs is 5. The average molecular weight is 659 g/mol. The van der Waals surface area contributed by atoms with Crippen molar-refractivity contribution in [2.75, 3.05) is 33.6 Å². The fourth-order valence-electron chi connectivity index (χ4n) is 5.74. The summed E-state index contributed by atoms with van der Waals surface area (Å²) >= 11 is 0. The van der Waals surface area contributed by atoms with Gasteiger partial charge in [0.25, 0.3) is 0 Å². The predicted octanol–water partition coefficient (Wildman–Crippen LogP) is 1.96. The zero-order valence-electron chi connectivity index (χ0n) is 24.4. The molecule has 0 saturated carbocycles. The molecule has 4 heterocycles. The fraction of sp³-hybridized carbons (Fsp3) is 0.281. The Kier molecular flexibility index (Phi) is 9.91. The van der Waals surface area contributed by atoms with Gasteiger partial charge in [-0.05, 0) is 41.3 Å². The van der Waals surface area contributed by atoms with E-state index in [2.05, 4.69) is 39.0 Å². The highest BCUT2D eigenvalue weighted by molar-refractivity contribution is 5.91. The van der Waals surface area contributed by atoms with Gasteiger partial charge in [-0.2, -0.15) is 9.67 Å². The standard InChI is InChI=1S/C32H30F2N5O4.2ClH/c1-40-29-5-3-21-12-28-25-15-31-30(42-20-43-31)13-22(25)6-7-38(28)17-26(21)32(29)41-11-10-37(8-9-39-19-35-18-36-39)16-23-2-4-24(33)14-27(23)34;;/h2-5,12-15,17-19H,6-11,16,20H2,1H3;2*1H/q+1;;/p-1. The van der Waals surface area contributed by atoms with Gasteiger partial charge in [-0.25, -0.2) is 13.8 Å². The van der Waals surface area contributed by atoms with Crippen molar-refractivity contribution in [3.63, 3.8) is 0 Å². The van der Waals surface area contributed by atoms with Crippen LogP contribution in [0.5, 0.6) is 23.0 Å². The van der Waals surface area contributed by atoms with E-state index in [1.165, 1.54) is 24.0 Å². The molecule has 0 atom stereocenters. The first-order valence-electron chi connectivity index (χ1n) is 14.1. The SMILES string of the molecule is COc1ccc2cc3[n+](cc2c1OCCN(CCn1cncn1)Cc1ccc(F)cc1F)CCc1cc2c(cc1-3)OCO2.Cl.[Cl-]. The van der Waals surface area contributed by atoms with Gasteiger partial charge in [0.05, 0.1) is 24.6 Å². The van der Waals surface area contributed by atoms with E-state index >= 15 is 0 Å². The molecule has 0 N–H and O–H groups in total. The summed E-state index contributed by atoms with van der Waals surface area (Å²) in [6, 6.07) is 13.9. The highest BCUT2D eigenvalue weighted by Crippen LogP contribution is 2.41. The van der Waals surface area contributed by atoms with E-state index in [-0.39, 0.29) is 38.2 Å². The average Bonchev–Trinajstić information content (AvgIpc) is 3.71. The summed E-state index contributed by atoms with van der Waals surface area (Å²) < 4.78 is 55.4. The first-order valence-corrected chi connectivity index (χ1v) is 14.1. The van der Waals surface area contributed by atoms with Crippen LogP contribution in [0, 0.1) is 11.6 Å². The van der Waals surface area contributed by atoms with Crippen LogP contribution < -0.4 is 35.9 Å². The Morgan fingerprint density at radius 2 is 1.89 bits per heavy atom. The van der Waals surface area contributed by atoms with E-state index in [4.69, 9.17) is 18.9 Å². The second-order valence-corrected chi connectivity index (χ2v) is 10.6. The topological polar surface area (TPSA) is 74.8 Å². The smallest absolute Gasteiger partial charge is 0.231 e. The van der Waals surface area contributed by atoms with Crippen LogP contribution in [0.25, 0.3) is 22.0 Å². The van der Waals surface area contributed by atoms with Crippen LogP contribution >= 0.6 is 12.4 Å². The Hall–Kier alpha value is -4.19. The van der Waals surface area contributed by atoms with E-state index in [9.17, 15) is 8.78 Å². The molecule has 13 heteroatoms. The Morgan fingerprint density at radius 1 is 1.04 bits per heavy atom. The monoisotopic (exact) mass is 657 g/mol. The molecule has 236 valence electrons. The van der Waals surface area contributed by atoms with E-state index in [1.807, 2.05) is 17.0 Å². The van der Waals surface area contributed by atoms with E-state index in [0.717, 1.165) is 52.6 Å². The van der Waals surface area contributed by atoms with Crippen molar-refractivity contribution in [2.45, 2.75) is 26.1 Å². The maximum Gasteiger partial charge on any atom is 0.231 e. The van der Waals surface area contributed by atoms with Crippen molar-refractivity contribution >= 4 is 23.2 Å². The van der Waals surface area contributed by atoms with Gasteiger partial charge >= 0.3 is 0 Å². The number of nitrogens with zero attached hydrogens (tertiary/aromatic N) is 5. The van der Waals surface area contributed by atoms with Crippen LogP contribution in [0.2, 0.25) is 0 Å². The van der Waals surface area contributed by atoms with Gasteiger partial charge < -0.3 is 31.4 Å². The minimum Gasteiger partial charge on any atom is -1.00 e. The van der Waals surface area contributed by atoms with Crippen molar-refractivity contribution < 1.29 is 44.7 Å². The first-order chi connectivity index (χ1) is 21.1. The molecule has 0 fully saturated rings. The predicted molar refractivity (Wildman–Crippen MR) is 160 cm³/mol. The number of pyridine rings is 1. The fourth-order valence-corrected chi connectivity index (χ4v) is 5.74. The van der Waals surface area contributed by atoms with E-state index in [1.54, 1.807) is 18.1 Å². The van der Waals surface area contributed by atoms with Gasteiger partial charge in [-0.3, -0.25) is 9.58 Å². The van der Waals surface area contributed by atoms with Crippen molar-refractivity contribution in [3.05, 3.63) is 90.1 Å². The normalized spacial score (nSPS) is 12.7. The third kappa shape index (κ3) is 6.61. The number of aromatic nitrogens is 4. The van der Waals surface area contributed by atoms with Crippen molar-refractivity contribution in [1.82, 2.24) is 19.7 Å². The highest BCUT2D eigenvalue weighted by Gasteiger charge is 2.28. The number of ether oxygens (including phenoxy) is 4. The molecule has 0 bridgehead atoms. The molecule has 7 rings (SSSR count). The molecule has 0 unspecified atom stereocenters. The summed E-state index contributed by atoms with van der Waals surface area (Å²) in [5, 5.41) is 6.12. The minimum absolute atomic E-state index is 0. The number of hydrogen-bond acceptors (Lipinski definition) is 7. The number of halogens is 4. The second kappa shape index (κ2) is 13.8. The lowest BCUT2D eigenvalue weighted by Gasteiger charge is -2.23. The summed E-state index contributed by atoms with van der Waals surface area (Å²) in [4.78, 5) is 6.04. The summed E-state index contributed by atoms with van der Waals surface area (Å²) in [6.07, 6.45) is 6.10. The molecule has 0 amide bonds. The summed E-state index contributed by atoms with van der Waals surface area (Å²) in [5.74, 6) is 1.67. The number of benzene rings is 3. The Labute approximate surface area is 271 Å². The molecule has 0 saturated heterocycles. The quantitative estimate of drug-likeness (QED) is 0.213. The van der Waals surface area contributed by atoms with Gasteiger partial charge in [-0.15, -0.1) is 12.4 Å². The molecule has 9 nitrogen and oxygen atoms in total. The van der Waals surface area contributed by atoms with Gasteiger partial charge in [0.1, 0.15) is 30.9 Å². The lowest BCUT2D eigenvalue weighted by molar-refractivity contribution is -0.686. The van der Waals surface area contributed by atoms with Crippen LogP contribution in [0.1, 0.15) is 11.1 Å². The molecule has 0 radical (unpaired) electrons. The molecule has 45 heavy (non-hydrogen) atoms. The van der Waals surface area contributed by atoms with Gasteiger partial charge in [0.2, 0.25) is 12.5 Å². The Balaban J connectivity index is 0.00000200. The largest absolute Gasteiger partial charge is 1.00 e. The molecular weight excluding hydrogens is 627 g/mol. The molecule has 0 spiro atoms.